The minimum Gasteiger partial charge on any atom is -0.325 e. The minimum atomic E-state index is -3.58. The van der Waals surface area contributed by atoms with E-state index in [4.69, 9.17) is 0 Å². The number of hydrogen-bond donors (Lipinski definition) is 1. The van der Waals surface area contributed by atoms with Gasteiger partial charge in [0.2, 0.25) is 15.9 Å². The van der Waals surface area contributed by atoms with Gasteiger partial charge in [-0.2, -0.15) is 4.31 Å². The number of amides is 1. The third kappa shape index (κ3) is 5.94. The van der Waals surface area contributed by atoms with Crippen molar-refractivity contribution in [1.29, 1.82) is 0 Å². The van der Waals surface area contributed by atoms with Crippen LogP contribution >= 0.6 is 0 Å². The van der Waals surface area contributed by atoms with Crippen LogP contribution in [0.25, 0.3) is 0 Å². The molecule has 0 aliphatic carbocycles. The molecule has 0 bridgehead atoms. The van der Waals surface area contributed by atoms with Gasteiger partial charge in [-0.25, -0.2) is 16.8 Å². The smallest absolute Gasteiger partial charge is 0.243 e. The fourth-order valence-electron chi connectivity index (χ4n) is 4.95. The Bertz CT molecular complexity index is 1080. The number of sulfonamides is 1. The Balaban J connectivity index is 1.32. The molecule has 1 amide bonds. The lowest BCUT2D eigenvalue weighted by Gasteiger charge is -2.37. The molecule has 3 heterocycles. The zero-order valence-corrected chi connectivity index (χ0v) is 20.8. The third-order valence-corrected chi connectivity index (χ3v) is 10.7. The van der Waals surface area contributed by atoms with Gasteiger partial charge in [0, 0.05) is 51.0 Å². The number of carbonyl (C=O) groups is 1. The first-order valence-electron chi connectivity index (χ1n) is 11.7. The maximum absolute atomic E-state index is 13.1. The zero-order chi connectivity index (χ0) is 23.6. The van der Waals surface area contributed by atoms with Crippen molar-refractivity contribution in [2.24, 2.45) is 0 Å². The van der Waals surface area contributed by atoms with Gasteiger partial charge in [-0.15, -0.1) is 0 Å². The molecule has 11 heteroatoms. The lowest BCUT2D eigenvalue weighted by atomic mass is 10.2. The van der Waals surface area contributed by atoms with E-state index in [-0.39, 0.29) is 34.9 Å². The number of nitrogens with one attached hydrogen (secondary N) is 1. The molecular formula is C22H34N4O5S2. The molecule has 3 fully saturated rings. The van der Waals surface area contributed by atoms with Crippen LogP contribution in [0.15, 0.2) is 23.1 Å². The average molecular weight is 499 g/mol. The number of nitrogens with zero attached hydrogens (tertiary/aromatic N) is 3. The second-order valence-corrected chi connectivity index (χ2v) is 13.5. The average Bonchev–Trinajstić information content (AvgIpc) is 3.15. The predicted molar refractivity (Wildman–Crippen MR) is 127 cm³/mol. The number of sulfone groups is 1. The molecule has 1 unspecified atom stereocenters. The number of rotatable bonds is 6. The van der Waals surface area contributed by atoms with Crippen molar-refractivity contribution in [2.45, 2.75) is 43.5 Å². The summed E-state index contributed by atoms with van der Waals surface area (Å²) in [6, 6.07) is 5.14. The van der Waals surface area contributed by atoms with Crippen LogP contribution in [0.1, 0.15) is 31.2 Å². The van der Waals surface area contributed by atoms with Crippen molar-refractivity contribution >= 4 is 31.5 Å². The van der Waals surface area contributed by atoms with E-state index in [0.29, 0.717) is 43.9 Å². The highest BCUT2D eigenvalue weighted by Crippen LogP contribution is 2.26. The Kier molecular flexibility index (Phi) is 7.44. The van der Waals surface area contributed by atoms with Crippen molar-refractivity contribution < 1.29 is 21.6 Å². The molecule has 9 nitrogen and oxygen atoms in total. The highest BCUT2D eigenvalue weighted by molar-refractivity contribution is 7.91. The summed E-state index contributed by atoms with van der Waals surface area (Å²) in [5, 5.41) is 2.85. The monoisotopic (exact) mass is 498 g/mol. The first kappa shape index (κ1) is 24.6. The van der Waals surface area contributed by atoms with Crippen LogP contribution in [0.5, 0.6) is 0 Å². The molecule has 3 aliphatic heterocycles. The van der Waals surface area contributed by atoms with Gasteiger partial charge in [0.15, 0.2) is 9.84 Å². The zero-order valence-electron chi connectivity index (χ0n) is 19.2. The van der Waals surface area contributed by atoms with Gasteiger partial charge in [0.05, 0.1) is 22.9 Å². The van der Waals surface area contributed by atoms with Gasteiger partial charge < -0.3 is 5.32 Å². The highest BCUT2D eigenvalue weighted by Gasteiger charge is 2.34. The molecule has 3 saturated heterocycles. The SMILES string of the molecule is Cc1ccc(NC(=O)CN2CCN(C3CCS(=O)(=O)C3)CC2)cc1S(=O)(=O)N1CCCCC1. The second kappa shape index (κ2) is 9.99. The Morgan fingerprint density at radius 1 is 1.06 bits per heavy atom. The maximum Gasteiger partial charge on any atom is 0.243 e. The Morgan fingerprint density at radius 3 is 2.39 bits per heavy atom. The predicted octanol–water partition coefficient (Wildman–Crippen LogP) is 0.913. The van der Waals surface area contributed by atoms with Gasteiger partial charge in [-0.3, -0.25) is 14.6 Å². The summed E-state index contributed by atoms with van der Waals surface area (Å²) < 4.78 is 51.2. The Labute approximate surface area is 197 Å². The van der Waals surface area contributed by atoms with E-state index in [2.05, 4.69) is 15.1 Å². The molecule has 4 rings (SSSR count). The van der Waals surface area contributed by atoms with Crippen molar-refractivity contribution in [3.8, 4) is 0 Å². The first-order chi connectivity index (χ1) is 15.6. The van der Waals surface area contributed by atoms with Gasteiger partial charge in [-0.1, -0.05) is 12.5 Å². The first-order valence-corrected chi connectivity index (χ1v) is 15.0. The van der Waals surface area contributed by atoms with E-state index in [9.17, 15) is 21.6 Å². The molecule has 1 aromatic rings. The normalized spacial score (nSPS) is 25.2. The molecular weight excluding hydrogens is 464 g/mol. The standard InChI is InChI=1S/C22H34N4O5S2/c1-18-5-6-19(15-21(18)33(30,31)26-8-3-2-4-9-26)23-22(27)16-24-10-12-25(13-11-24)20-7-14-32(28,29)17-20/h5-6,15,20H,2-4,7-14,16-17H2,1H3,(H,23,27). The number of aryl methyl sites for hydroxylation is 1. The lowest BCUT2D eigenvalue weighted by molar-refractivity contribution is -0.117. The topological polar surface area (TPSA) is 107 Å². The third-order valence-electron chi connectivity index (χ3n) is 6.90. The number of carbonyl (C=O) groups excluding carboxylic acids is 1. The van der Waals surface area contributed by atoms with Crippen LogP contribution in [0.4, 0.5) is 5.69 Å². The van der Waals surface area contributed by atoms with Crippen LogP contribution in [0, 0.1) is 6.92 Å². The van der Waals surface area contributed by atoms with Crippen molar-refractivity contribution in [3.63, 3.8) is 0 Å². The molecule has 0 spiro atoms. The summed E-state index contributed by atoms with van der Waals surface area (Å²) in [4.78, 5) is 17.2. The molecule has 1 aromatic carbocycles. The summed E-state index contributed by atoms with van der Waals surface area (Å²) >= 11 is 0. The maximum atomic E-state index is 13.1. The van der Waals surface area contributed by atoms with E-state index < -0.39 is 19.9 Å². The largest absolute Gasteiger partial charge is 0.325 e. The van der Waals surface area contributed by atoms with Gasteiger partial charge >= 0.3 is 0 Å². The fourth-order valence-corrected chi connectivity index (χ4v) is 8.48. The molecule has 0 aromatic heterocycles. The molecule has 0 saturated carbocycles. The number of piperazine rings is 1. The quantitative estimate of drug-likeness (QED) is 0.621. The summed E-state index contributed by atoms with van der Waals surface area (Å²) in [6.07, 6.45) is 3.49. The van der Waals surface area contributed by atoms with Crippen LogP contribution in [0.2, 0.25) is 0 Å². The number of anilines is 1. The van der Waals surface area contributed by atoms with Crippen LogP contribution in [-0.2, 0) is 24.7 Å². The number of hydrogen-bond acceptors (Lipinski definition) is 7. The Hall–Kier alpha value is -1.53. The van der Waals surface area contributed by atoms with Crippen LogP contribution in [0.3, 0.4) is 0 Å². The number of piperidine rings is 1. The molecule has 1 N–H and O–H groups in total. The summed E-state index contributed by atoms with van der Waals surface area (Å²) in [5.41, 5.74) is 1.15. The van der Waals surface area contributed by atoms with E-state index in [1.165, 1.54) is 0 Å². The lowest BCUT2D eigenvalue weighted by Crippen LogP contribution is -2.52. The van der Waals surface area contributed by atoms with E-state index >= 15 is 0 Å². The molecule has 3 aliphatic rings. The van der Waals surface area contributed by atoms with Crippen molar-refractivity contribution in [3.05, 3.63) is 23.8 Å². The minimum absolute atomic E-state index is 0.0961. The van der Waals surface area contributed by atoms with Crippen LogP contribution in [-0.4, -0.2) is 100 Å². The van der Waals surface area contributed by atoms with Crippen LogP contribution < -0.4 is 5.32 Å². The van der Waals surface area contributed by atoms with E-state index in [0.717, 1.165) is 32.4 Å². The molecule has 1 atom stereocenters. The molecule has 184 valence electrons. The fraction of sp³-hybridized carbons (Fsp3) is 0.682. The van der Waals surface area contributed by atoms with Crippen molar-refractivity contribution in [1.82, 2.24) is 14.1 Å². The highest BCUT2D eigenvalue weighted by atomic mass is 32.2. The summed E-state index contributed by atoms with van der Waals surface area (Å²) in [7, 11) is -6.48. The van der Waals surface area contributed by atoms with E-state index in [1.54, 1.807) is 29.4 Å². The Morgan fingerprint density at radius 2 is 1.76 bits per heavy atom. The van der Waals surface area contributed by atoms with Gasteiger partial charge in [0.25, 0.3) is 0 Å². The van der Waals surface area contributed by atoms with Gasteiger partial charge in [0.1, 0.15) is 0 Å². The molecule has 33 heavy (non-hydrogen) atoms. The summed E-state index contributed by atoms with van der Waals surface area (Å²) in [5.74, 6) is 0.327. The van der Waals surface area contributed by atoms with Gasteiger partial charge in [-0.05, 0) is 43.9 Å². The molecule has 0 radical (unpaired) electrons. The number of benzene rings is 1. The van der Waals surface area contributed by atoms with E-state index in [1.807, 2.05) is 0 Å². The second-order valence-electron chi connectivity index (χ2n) is 9.36. The summed E-state index contributed by atoms with van der Waals surface area (Å²) in [6.45, 7) is 5.97. The van der Waals surface area contributed by atoms with Crippen molar-refractivity contribution in [2.75, 3.05) is 62.6 Å².